The van der Waals surface area contributed by atoms with Crippen molar-refractivity contribution in [2.75, 3.05) is 0 Å². The summed E-state index contributed by atoms with van der Waals surface area (Å²) >= 11 is 0. The first kappa shape index (κ1) is 46.8. The molecule has 0 rings (SSSR count). The normalized spacial score (nSPS) is 8.82. The van der Waals surface area contributed by atoms with Gasteiger partial charge < -0.3 is 45.8 Å². The Balaban J connectivity index is -0.0000000546. The summed E-state index contributed by atoms with van der Waals surface area (Å²) in [6.07, 6.45) is 5.66. The van der Waals surface area contributed by atoms with Crippen molar-refractivity contribution in [3.8, 4) is 0 Å². The first-order chi connectivity index (χ1) is 10.5. The Bertz CT molecular complexity index is 439. The molecule has 0 heterocycles. The van der Waals surface area contributed by atoms with Gasteiger partial charge in [-0.15, -0.1) is 0 Å². The molecular weight excluding hydrogens is 409 g/mol. The van der Waals surface area contributed by atoms with Crippen molar-refractivity contribution in [2.45, 2.75) is 58.0 Å². The number of carbonyl (C=O) groups excluding carboxylic acids is 4. The third-order valence-electron chi connectivity index (χ3n) is 2.58. The van der Waals surface area contributed by atoms with Crippen molar-refractivity contribution in [1.29, 1.82) is 0 Å². The van der Waals surface area contributed by atoms with Crippen LogP contribution >= 0.6 is 0 Å². The Morgan fingerprint density at radius 3 is 1.54 bits per heavy atom. The number of hydrogen-bond acceptors (Lipinski definition) is 8. The Kier molecular flexibility index (Phi) is 46.3. The predicted molar refractivity (Wildman–Crippen MR) is 80.4 cm³/mol. The molecule has 28 heavy (non-hydrogen) atoms. The number of carbonyl (C=O) groups is 4. The summed E-state index contributed by atoms with van der Waals surface area (Å²) in [6, 6.07) is 0. The molecule has 0 aromatic rings. The zero-order valence-electron chi connectivity index (χ0n) is 17.2. The summed E-state index contributed by atoms with van der Waals surface area (Å²) in [7, 11) is 0. The molecule has 0 fully saturated rings. The minimum Gasteiger partial charge on any atom is -0.550 e. The molecule has 0 aliphatic rings. The fourth-order valence-electron chi connectivity index (χ4n) is 1.45. The number of ketones is 1. The van der Waals surface area contributed by atoms with Gasteiger partial charge in [0.25, 0.3) is 0 Å². The average molecular weight is 434 g/mol. The monoisotopic (exact) mass is 434 g/mol. The van der Waals surface area contributed by atoms with Gasteiger partial charge in [0.2, 0.25) is 0 Å². The molecule has 5 N–H and O–H groups in total. The maximum Gasteiger partial charge on any atom is 1.00 e. The first-order valence-electron chi connectivity index (χ1n) is 7.05. The number of unbranched alkanes of at least 4 members (excludes halogenated alkanes) is 3. The van der Waals surface area contributed by atoms with Crippen molar-refractivity contribution >= 4 is 23.7 Å². The molecule has 0 bridgehead atoms. The van der Waals surface area contributed by atoms with Crippen LogP contribution in [0.25, 0.3) is 0 Å². The number of aliphatic carboxylic acids is 3. The number of carboxylic acid groups (broad SMARTS) is 3. The Hall–Kier alpha value is 0.700. The second kappa shape index (κ2) is 27.7. The van der Waals surface area contributed by atoms with Crippen LogP contribution < -0.4 is 104 Å². The summed E-state index contributed by atoms with van der Waals surface area (Å²) in [5.74, 6) is -5.83. The van der Waals surface area contributed by atoms with Crippen molar-refractivity contribution in [3.63, 3.8) is 0 Å². The molecule has 0 aliphatic heterocycles. The van der Waals surface area contributed by atoms with E-state index < -0.39 is 36.4 Å². The number of rotatable bonds is 10. The van der Waals surface area contributed by atoms with E-state index in [9.17, 15) is 34.5 Å². The van der Waals surface area contributed by atoms with Crippen molar-refractivity contribution < 1.29 is 139 Å². The second-order valence-corrected chi connectivity index (χ2v) is 4.93. The standard InChI is InChI=1S/C9H16O.C6H8O7.3Na.2H2O/c1-3-4-5-6-7-8-9(2)10;7-3(8)1-6(13,5(11)12)2-4(9)10;;;;;/h7-8H,3-6H2,1-2H3;13H,1-2H2,(H,7,8)(H,9,10)(H,11,12);;;;2*1H2/q;;3*+1;;/p-3. The van der Waals surface area contributed by atoms with Crippen LogP contribution in [0.1, 0.15) is 52.4 Å². The second-order valence-electron chi connectivity index (χ2n) is 4.93. The zero-order chi connectivity index (χ0) is 18.5. The smallest absolute Gasteiger partial charge is 0.550 e. The maximum absolute atomic E-state index is 10.4. The van der Waals surface area contributed by atoms with Crippen LogP contribution in [0.15, 0.2) is 12.2 Å². The fourth-order valence-corrected chi connectivity index (χ4v) is 1.45. The third-order valence-corrected chi connectivity index (χ3v) is 2.58. The molecule has 0 amide bonds. The van der Waals surface area contributed by atoms with Gasteiger partial charge in [0.1, 0.15) is 5.60 Å². The number of allylic oxidation sites excluding steroid dienone is 2. The van der Waals surface area contributed by atoms with Crippen LogP contribution in [0.5, 0.6) is 0 Å². The van der Waals surface area contributed by atoms with Gasteiger partial charge in [0, 0.05) is 24.8 Å². The van der Waals surface area contributed by atoms with Crippen molar-refractivity contribution in [1.82, 2.24) is 0 Å². The first-order valence-corrected chi connectivity index (χ1v) is 7.05. The van der Waals surface area contributed by atoms with Crippen LogP contribution in [-0.2, 0) is 19.2 Å². The zero-order valence-corrected chi connectivity index (χ0v) is 23.2. The predicted octanol–water partition coefficient (Wildman–Crippen LogP) is -13.2. The largest absolute Gasteiger partial charge is 1.00 e. The van der Waals surface area contributed by atoms with Gasteiger partial charge in [-0.2, -0.15) is 0 Å². The molecule has 0 aromatic heterocycles. The van der Waals surface area contributed by atoms with Crippen LogP contribution in [0, 0.1) is 0 Å². The fraction of sp³-hybridized carbons (Fsp3) is 0.600. The van der Waals surface area contributed by atoms with Crippen LogP contribution in [0.4, 0.5) is 0 Å². The molecule has 0 saturated carbocycles. The van der Waals surface area contributed by atoms with E-state index in [2.05, 4.69) is 6.92 Å². The number of carboxylic acids is 3. The summed E-state index contributed by atoms with van der Waals surface area (Å²) in [6.45, 7) is 3.75. The van der Waals surface area contributed by atoms with Gasteiger partial charge in [0.15, 0.2) is 5.78 Å². The van der Waals surface area contributed by atoms with Gasteiger partial charge in [-0.05, 0) is 25.8 Å². The SMILES string of the molecule is CCCCCC=CC(C)=O.O.O.O=C([O-])CC(O)(CC(=O)[O-])C(=O)[O-].[Na+].[Na+].[Na+]. The van der Waals surface area contributed by atoms with Crippen LogP contribution in [0.2, 0.25) is 0 Å². The number of hydrogen-bond donors (Lipinski definition) is 1. The van der Waals surface area contributed by atoms with E-state index in [1.807, 2.05) is 6.08 Å². The van der Waals surface area contributed by atoms with Crippen LogP contribution in [-0.4, -0.2) is 45.4 Å². The quantitative estimate of drug-likeness (QED) is 0.197. The molecule has 0 aliphatic carbocycles. The third kappa shape index (κ3) is 31.4. The summed E-state index contributed by atoms with van der Waals surface area (Å²) in [5, 5.41) is 38.9. The van der Waals surface area contributed by atoms with E-state index in [0.717, 1.165) is 6.42 Å². The Morgan fingerprint density at radius 1 is 0.893 bits per heavy atom. The van der Waals surface area contributed by atoms with Gasteiger partial charge in [-0.1, -0.05) is 25.8 Å². The van der Waals surface area contributed by atoms with E-state index in [4.69, 9.17) is 5.11 Å². The van der Waals surface area contributed by atoms with E-state index in [-0.39, 0.29) is 105 Å². The molecule has 13 heteroatoms. The van der Waals surface area contributed by atoms with Gasteiger partial charge >= 0.3 is 88.7 Å². The molecule has 0 spiro atoms. The van der Waals surface area contributed by atoms with Crippen LogP contribution in [0.3, 0.4) is 0 Å². The van der Waals surface area contributed by atoms with Gasteiger partial charge in [0.05, 0.1) is 5.97 Å². The van der Waals surface area contributed by atoms with Gasteiger partial charge in [-0.25, -0.2) is 0 Å². The molecule has 148 valence electrons. The summed E-state index contributed by atoms with van der Waals surface area (Å²) < 4.78 is 0. The van der Waals surface area contributed by atoms with E-state index in [1.165, 1.54) is 19.3 Å². The Labute approximate surface area is 230 Å². The van der Waals surface area contributed by atoms with E-state index in [0.29, 0.717) is 0 Å². The van der Waals surface area contributed by atoms with Crippen molar-refractivity contribution in [3.05, 3.63) is 12.2 Å². The van der Waals surface area contributed by atoms with Gasteiger partial charge in [-0.3, -0.25) is 4.79 Å². The molecule has 0 saturated heterocycles. The molecule has 10 nitrogen and oxygen atoms in total. The molecule has 0 aromatic carbocycles. The molecule has 0 unspecified atom stereocenters. The topological polar surface area (TPSA) is 221 Å². The minimum absolute atomic E-state index is 0. The molecule has 0 radical (unpaired) electrons. The Morgan fingerprint density at radius 2 is 1.29 bits per heavy atom. The molecule has 0 atom stereocenters. The maximum atomic E-state index is 10.4. The summed E-state index contributed by atoms with van der Waals surface area (Å²) in [4.78, 5) is 40.4. The summed E-state index contributed by atoms with van der Waals surface area (Å²) in [5.41, 5.74) is -2.97. The number of aliphatic hydroxyl groups is 1. The average Bonchev–Trinajstić information content (AvgIpc) is 2.36. The molecular formula is C15H25Na3O10. The van der Waals surface area contributed by atoms with E-state index in [1.54, 1.807) is 13.0 Å². The van der Waals surface area contributed by atoms with E-state index >= 15 is 0 Å². The van der Waals surface area contributed by atoms with Crippen molar-refractivity contribution in [2.24, 2.45) is 0 Å². The minimum atomic E-state index is -2.97.